The van der Waals surface area contributed by atoms with Gasteiger partial charge in [0.15, 0.2) is 5.82 Å². The van der Waals surface area contributed by atoms with Gasteiger partial charge in [-0.3, -0.25) is 0 Å². The molecular weight excluding hydrogens is 244 g/mol. The van der Waals surface area contributed by atoms with Gasteiger partial charge in [-0.15, -0.1) is 0 Å². The molecule has 1 aromatic rings. The minimum atomic E-state index is 0.346. The summed E-state index contributed by atoms with van der Waals surface area (Å²) in [5, 5.41) is 2.45. The Hall–Kier alpha value is -0.950. The number of methoxy groups -OCH3 is 1. The van der Waals surface area contributed by atoms with E-state index in [1.165, 1.54) is 0 Å². The third-order valence-electron chi connectivity index (χ3n) is 2.30. The lowest BCUT2D eigenvalue weighted by Gasteiger charge is -2.27. The van der Waals surface area contributed by atoms with E-state index in [-0.39, 0.29) is 0 Å². The number of hydrazine groups is 1. The number of nitrogens with zero attached hydrogens (tertiary/aromatic N) is 3. The average Bonchev–Trinajstić information content (AvgIpc) is 2.30. The fourth-order valence-electron chi connectivity index (χ4n) is 1.55. The maximum absolute atomic E-state index is 5.91. The Morgan fingerprint density at radius 2 is 2.24 bits per heavy atom. The number of hydrogen-bond acceptors (Lipinski definition) is 6. The molecule has 0 aromatic carbocycles. The molecule has 1 aromatic heterocycles. The standard InChI is InChI=1S/C10H15ClN4O2/c1-16-7-10-12-8(11)6-9(13-10)14-15-2-4-17-5-3-15/h6H,2-5,7H2,1H3,(H,12,13,14). The highest BCUT2D eigenvalue weighted by molar-refractivity contribution is 6.29. The highest BCUT2D eigenvalue weighted by Gasteiger charge is 2.11. The van der Waals surface area contributed by atoms with Crippen LogP contribution in [0, 0.1) is 0 Å². The van der Waals surface area contributed by atoms with Crippen LogP contribution < -0.4 is 5.43 Å². The van der Waals surface area contributed by atoms with Crippen LogP contribution >= 0.6 is 11.6 Å². The summed E-state index contributed by atoms with van der Waals surface area (Å²) < 4.78 is 10.2. The number of aromatic nitrogens is 2. The van der Waals surface area contributed by atoms with Crippen LogP contribution in [0.4, 0.5) is 5.82 Å². The van der Waals surface area contributed by atoms with E-state index in [1.807, 2.05) is 5.01 Å². The van der Waals surface area contributed by atoms with Gasteiger partial charge in [0.1, 0.15) is 17.6 Å². The molecule has 7 heteroatoms. The number of hydrogen-bond donors (Lipinski definition) is 1. The Morgan fingerprint density at radius 1 is 1.47 bits per heavy atom. The second-order valence-electron chi connectivity index (χ2n) is 3.64. The monoisotopic (exact) mass is 258 g/mol. The summed E-state index contributed by atoms with van der Waals surface area (Å²) in [7, 11) is 1.60. The Bertz CT molecular complexity index is 371. The molecule has 1 fully saturated rings. The van der Waals surface area contributed by atoms with Gasteiger partial charge >= 0.3 is 0 Å². The van der Waals surface area contributed by atoms with Crippen LogP contribution in [-0.2, 0) is 16.1 Å². The van der Waals surface area contributed by atoms with Gasteiger partial charge in [0.25, 0.3) is 0 Å². The summed E-state index contributed by atoms with van der Waals surface area (Å²) in [5.74, 6) is 1.25. The number of nitrogens with one attached hydrogen (secondary N) is 1. The van der Waals surface area contributed by atoms with Gasteiger partial charge in [-0.05, 0) is 0 Å². The van der Waals surface area contributed by atoms with Crippen molar-refractivity contribution in [1.82, 2.24) is 15.0 Å². The van der Waals surface area contributed by atoms with Crippen LogP contribution in [0.2, 0.25) is 5.15 Å². The predicted molar refractivity (Wildman–Crippen MR) is 63.8 cm³/mol. The molecule has 0 saturated carbocycles. The van der Waals surface area contributed by atoms with E-state index < -0.39 is 0 Å². The Labute approximate surface area is 105 Å². The van der Waals surface area contributed by atoms with E-state index in [2.05, 4.69) is 15.4 Å². The summed E-state index contributed by atoms with van der Waals surface area (Å²) in [5.41, 5.74) is 3.18. The van der Waals surface area contributed by atoms with Crippen LogP contribution in [0.3, 0.4) is 0 Å². The topological polar surface area (TPSA) is 59.5 Å². The Balaban J connectivity index is 2.03. The molecule has 0 spiro atoms. The molecule has 94 valence electrons. The van der Waals surface area contributed by atoms with Gasteiger partial charge in [-0.25, -0.2) is 15.0 Å². The third-order valence-corrected chi connectivity index (χ3v) is 2.49. The van der Waals surface area contributed by atoms with Crippen molar-refractivity contribution >= 4 is 17.4 Å². The number of ether oxygens (including phenoxy) is 2. The van der Waals surface area contributed by atoms with Gasteiger partial charge in [-0.2, -0.15) is 0 Å². The lowest BCUT2D eigenvalue weighted by atomic mass is 10.5. The molecule has 2 heterocycles. The van der Waals surface area contributed by atoms with E-state index in [9.17, 15) is 0 Å². The first-order chi connectivity index (χ1) is 8.28. The van der Waals surface area contributed by atoms with Gasteiger partial charge < -0.3 is 14.9 Å². The van der Waals surface area contributed by atoms with Crippen LogP contribution in [0.15, 0.2) is 6.07 Å². The van der Waals surface area contributed by atoms with E-state index in [0.29, 0.717) is 23.4 Å². The van der Waals surface area contributed by atoms with Crippen molar-refractivity contribution in [3.05, 3.63) is 17.0 Å². The minimum absolute atomic E-state index is 0.346. The summed E-state index contributed by atoms with van der Waals surface area (Å²) in [6, 6.07) is 1.69. The second-order valence-corrected chi connectivity index (χ2v) is 4.02. The van der Waals surface area contributed by atoms with E-state index >= 15 is 0 Å². The molecule has 0 unspecified atom stereocenters. The molecule has 1 N–H and O–H groups in total. The van der Waals surface area contributed by atoms with Crippen molar-refractivity contribution in [1.29, 1.82) is 0 Å². The third kappa shape index (κ3) is 3.78. The fourth-order valence-corrected chi connectivity index (χ4v) is 1.75. The zero-order valence-corrected chi connectivity index (χ0v) is 10.4. The molecule has 0 amide bonds. The number of morpholine rings is 1. The number of anilines is 1. The van der Waals surface area contributed by atoms with E-state index in [0.717, 1.165) is 26.3 Å². The van der Waals surface area contributed by atoms with Gasteiger partial charge in [-0.1, -0.05) is 11.6 Å². The van der Waals surface area contributed by atoms with Crippen LogP contribution in [0.1, 0.15) is 5.82 Å². The summed E-state index contributed by atoms with van der Waals surface area (Å²) >= 11 is 5.91. The summed E-state index contributed by atoms with van der Waals surface area (Å²) in [6.45, 7) is 3.42. The molecule has 17 heavy (non-hydrogen) atoms. The molecular formula is C10H15ClN4O2. The molecule has 0 bridgehead atoms. The second kappa shape index (κ2) is 6.11. The number of rotatable bonds is 4. The van der Waals surface area contributed by atoms with Crippen molar-refractivity contribution in [3.63, 3.8) is 0 Å². The molecule has 0 atom stereocenters. The summed E-state index contributed by atoms with van der Waals surface area (Å²) in [4.78, 5) is 8.37. The smallest absolute Gasteiger partial charge is 0.158 e. The van der Waals surface area contributed by atoms with Gasteiger partial charge in [0.05, 0.1) is 13.2 Å². The van der Waals surface area contributed by atoms with E-state index in [4.69, 9.17) is 21.1 Å². The van der Waals surface area contributed by atoms with Gasteiger partial charge in [0.2, 0.25) is 0 Å². The molecule has 1 aliphatic heterocycles. The maximum atomic E-state index is 5.91. The van der Waals surface area contributed by atoms with Crippen LogP contribution in [0.25, 0.3) is 0 Å². The normalized spacial score (nSPS) is 17.1. The maximum Gasteiger partial charge on any atom is 0.158 e. The predicted octanol–water partition coefficient (Wildman–Crippen LogP) is 0.935. The molecule has 0 aliphatic carbocycles. The van der Waals surface area contributed by atoms with E-state index in [1.54, 1.807) is 13.2 Å². The quantitative estimate of drug-likeness (QED) is 0.811. The van der Waals surface area contributed by atoms with Gasteiger partial charge in [0, 0.05) is 26.3 Å². The average molecular weight is 259 g/mol. The molecule has 2 rings (SSSR count). The van der Waals surface area contributed by atoms with Crippen LogP contribution in [-0.4, -0.2) is 48.4 Å². The highest BCUT2D eigenvalue weighted by Crippen LogP contribution is 2.13. The van der Waals surface area contributed by atoms with Crippen LogP contribution in [0.5, 0.6) is 0 Å². The zero-order valence-electron chi connectivity index (χ0n) is 9.65. The first-order valence-electron chi connectivity index (χ1n) is 5.39. The lowest BCUT2D eigenvalue weighted by Crippen LogP contribution is -2.40. The van der Waals surface area contributed by atoms with Crippen molar-refractivity contribution < 1.29 is 9.47 Å². The SMILES string of the molecule is COCc1nc(Cl)cc(NN2CCOCC2)n1. The van der Waals surface area contributed by atoms with Crippen molar-refractivity contribution in [2.45, 2.75) is 6.61 Å². The highest BCUT2D eigenvalue weighted by atomic mass is 35.5. The molecule has 0 radical (unpaired) electrons. The van der Waals surface area contributed by atoms with Crippen molar-refractivity contribution in [3.8, 4) is 0 Å². The largest absolute Gasteiger partial charge is 0.379 e. The Morgan fingerprint density at radius 3 is 2.94 bits per heavy atom. The molecule has 6 nitrogen and oxygen atoms in total. The zero-order chi connectivity index (χ0) is 12.1. The fraction of sp³-hybridized carbons (Fsp3) is 0.600. The first-order valence-corrected chi connectivity index (χ1v) is 5.77. The molecule has 1 saturated heterocycles. The summed E-state index contributed by atoms with van der Waals surface area (Å²) in [6.07, 6.45) is 0. The van der Waals surface area contributed by atoms with Crippen molar-refractivity contribution in [2.24, 2.45) is 0 Å². The lowest BCUT2D eigenvalue weighted by molar-refractivity contribution is 0.0494. The minimum Gasteiger partial charge on any atom is -0.379 e. The number of halogens is 1. The Kier molecular flexibility index (Phi) is 4.49. The molecule has 1 aliphatic rings. The van der Waals surface area contributed by atoms with Crippen molar-refractivity contribution in [2.75, 3.05) is 38.8 Å². The first kappa shape index (κ1) is 12.5.